The number of benzene rings is 1. The van der Waals surface area contributed by atoms with Gasteiger partial charge in [0.2, 0.25) is 0 Å². The van der Waals surface area contributed by atoms with Crippen molar-refractivity contribution in [2.24, 2.45) is 0 Å². The molecular formula is C23H32N2O5S. The molecule has 1 aromatic carbocycles. The van der Waals surface area contributed by atoms with Gasteiger partial charge >= 0.3 is 5.97 Å². The molecule has 2 aliphatic carbocycles. The summed E-state index contributed by atoms with van der Waals surface area (Å²) in [5, 5.41) is 24.0. The van der Waals surface area contributed by atoms with Crippen molar-refractivity contribution < 1.29 is 24.5 Å². The van der Waals surface area contributed by atoms with Gasteiger partial charge in [-0.2, -0.15) is 11.8 Å². The molecule has 0 radical (unpaired) electrons. The van der Waals surface area contributed by atoms with E-state index >= 15 is 0 Å². The molecule has 0 amide bonds. The van der Waals surface area contributed by atoms with Crippen LogP contribution in [0.5, 0.6) is 11.5 Å². The molecule has 1 unspecified atom stereocenters. The zero-order valence-electron chi connectivity index (χ0n) is 18.4. The standard InChI is InChI=1S/C23H32N2O5S/c1-25-10-9-22-18-13-4-5-16(26)19(18)30-20(22)14(24-15(21(27)28)7-11-31-3)6-8-23(22,29-2)17(25)12-13/h4-5,14-15,17,20,24,26H,6-12H2,1-3H3,(H,27,28)/t14-,15+,17?,20+,22+,23-/m1/s1. The van der Waals surface area contributed by atoms with Gasteiger partial charge in [-0.25, -0.2) is 0 Å². The summed E-state index contributed by atoms with van der Waals surface area (Å²) in [6, 6.07) is 3.26. The van der Waals surface area contributed by atoms with Gasteiger partial charge in [-0.1, -0.05) is 6.07 Å². The maximum Gasteiger partial charge on any atom is 0.320 e. The molecule has 31 heavy (non-hydrogen) atoms. The molecule has 2 bridgehead atoms. The van der Waals surface area contributed by atoms with Crippen LogP contribution in [0, 0.1) is 0 Å². The van der Waals surface area contributed by atoms with Crippen molar-refractivity contribution in [1.82, 2.24) is 10.2 Å². The lowest BCUT2D eigenvalue weighted by molar-refractivity contribution is -0.204. The molecule has 5 rings (SSSR count). The topological polar surface area (TPSA) is 91.3 Å². The Labute approximate surface area is 187 Å². The number of phenolic OH excluding ortho intramolecular Hbond substituents is 1. The first-order chi connectivity index (χ1) is 14.9. The SMILES string of the molecule is CO[C@@]12CC[C@@H](N[C@@H](CCSC)C(=O)O)[C@@H]3Oc4c(O)ccc5c4[C@@]31CCN(C)C2C5. The highest BCUT2D eigenvalue weighted by Gasteiger charge is 2.73. The number of likely N-dealkylation sites (N-methyl/N-ethyl adjacent to an activating group) is 1. The predicted molar refractivity (Wildman–Crippen MR) is 119 cm³/mol. The van der Waals surface area contributed by atoms with Gasteiger partial charge in [0.05, 0.1) is 11.0 Å². The number of phenols is 1. The predicted octanol–water partition coefficient (Wildman–Crippen LogP) is 1.99. The monoisotopic (exact) mass is 448 g/mol. The number of aromatic hydroxyl groups is 1. The Hall–Kier alpha value is -1.48. The Balaban J connectivity index is 1.61. The summed E-state index contributed by atoms with van der Waals surface area (Å²) in [7, 11) is 3.98. The molecule has 1 saturated heterocycles. The summed E-state index contributed by atoms with van der Waals surface area (Å²) in [4.78, 5) is 14.4. The zero-order valence-corrected chi connectivity index (χ0v) is 19.2. The van der Waals surface area contributed by atoms with E-state index in [1.807, 2.05) is 19.4 Å². The lowest BCUT2D eigenvalue weighted by atomic mass is 9.48. The minimum absolute atomic E-state index is 0.118. The van der Waals surface area contributed by atoms with Gasteiger partial charge in [0.15, 0.2) is 11.5 Å². The van der Waals surface area contributed by atoms with Crippen molar-refractivity contribution in [2.45, 2.75) is 67.3 Å². The molecule has 170 valence electrons. The number of ether oxygens (including phenoxy) is 2. The number of piperidine rings is 1. The van der Waals surface area contributed by atoms with E-state index in [9.17, 15) is 15.0 Å². The third-order valence-corrected chi connectivity index (χ3v) is 9.02. The van der Waals surface area contributed by atoms with Gasteiger partial charge in [0.25, 0.3) is 0 Å². The van der Waals surface area contributed by atoms with Gasteiger partial charge in [0, 0.05) is 24.8 Å². The first kappa shape index (κ1) is 21.4. The molecule has 2 heterocycles. The Kier molecular flexibility index (Phi) is 5.20. The van der Waals surface area contributed by atoms with Crippen molar-refractivity contribution in [3.63, 3.8) is 0 Å². The normalized spacial score (nSPS) is 36.5. The van der Waals surface area contributed by atoms with Gasteiger partial charge in [-0.05, 0) is 69.3 Å². The van der Waals surface area contributed by atoms with Gasteiger partial charge in [-0.15, -0.1) is 0 Å². The van der Waals surface area contributed by atoms with Crippen LogP contribution >= 0.6 is 11.8 Å². The first-order valence-electron chi connectivity index (χ1n) is 11.1. The number of likely N-dealkylation sites (tertiary alicyclic amines) is 1. The van der Waals surface area contributed by atoms with E-state index in [1.165, 1.54) is 5.56 Å². The number of aliphatic carboxylic acids is 1. The van der Waals surface area contributed by atoms with Crippen molar-refractivity contribution in [1.29, 1.82) is 0 Å². The minimum Gasteiger partial charge on any atom is -0.504 e. The number of hydrogen-bond acceptors (Lipinski definition) is 7. The number of thioether (sulfide) groups is 1. The molecule has 2 fully saturated rings. The molecule has 6 atom stereocenters. The van der Waals surface area contributed by atoms with Crippen molar-refractivity contribution in [3.05, 3.63) is 23.3 Å². The van der Waals surface area contributed by atoms with Crippen LogP contribution in [0.15, 0.2) is 12.1 Å². The molecule has 1 saturated carbocycles. The molecule has 4 aliphatic rings. The van der Waals surface area contributed by atoms with Crippen LogP contribution < -0.4 is 10.1 Å². The van der Waals surface area contributed by atoms with Crippen LogP contribution in [-0.2, 0) is 21.4 Å². The Morgan fingerprint density at radius 1 is 1.45 bits per heavy atom. The van der Waals surface area contributed by atoms with Crippen LogP contribution in [0.3, 0.4) is 0 Å². The maximum absolute atomic E-state index is 12.0. The number of nitrogens with one attached hydrogen (secondary N) is 1. The molecule has 7 nitrogen and oxygen atoms in total. The summed E-state index contributed by atoms with van der Waals surface area (Å²) < 4.78 is 13.0. The van der Waals surface area contributed by atoms with Crippen LogP contribution in [0.25, 0.3) is 0 Å². The van der Waals surface area contributed by atoms with Crippen molar-refractivity contribution in [3.8, 4) is 11.5 Å². The smallest absolute Gasteiger partial charge is 0.320 e. The number of nitrogens with zero attached hydrogens (tertiary/aromatic N) is 1. The minimum atomic E-state index is -0.820. The fraction of sp³-hybridized carbons (Fsp3) is 0.696. The average molecular weight is 449 g/mol. The zero-order chi connectivity index (χ0) is 22.0. The fourth-order valence-corrected chi connectivity index (χ4v) is 7.55. The molecular weight excluding hydrogens is 416 g/mol. The number of carboxylic acids is 1. The highest BCUT2D eigenvalue weighted by Crippen LogP contribution is 2.66. The van der Waals surface area contributed by atoms with Crippen LogP contribution in [0.4, 0.5) is 0 Å². The summed E-state index contributed by atoms with van der Waals surface area (Å²) in [5.41, 5.74) is 1.52. The second-order valence-corrected chi connectivity index (χ2v) is 10.5. The highest BCUT2D eigenvalue weighted by atomic mass is 32.2. The van der Waals surface area contributed by atoms with Gasteiger partial charge in [-0.3, -0.25) is 10.1 Å². The van der Waals surface area contributed by atoms with Crippen LogP contribution in [0.2, 0.25) is 0 Å². The Bertz CT molecular complexity index is 897. The summed E-state index contributed by atoms with van der Waals surface area (Å²) >= 11 is 1.66. The summed E-state index contributed by atoms with van der Waals surface area (Å²) in [5.74, 6) is 0.712. The van der Waals surface area contributed by atoms with Gasteiger partial charge < -0.3 is 24.6 Å². The summed E-state index contributed by atoms with van der Waals surface area (Å²) in [6.07, 6.45) is 5.63. The van der Waals surface area contributed by atoms with E-state index in [-0.39, 0.29) is 29.4 Å². The second kappa shape index (κ2) is 7.54. The number of carboxylic acid groups (broad SMARTS) is 1. The summed E-state index contributed by atoms with van der Waals surface area (Å²) in [6.45, 7) is 0.922. The van der Waals surface area contributed by atoms with Crippen molar-refractivity contribution >= 4 is 17.7 Å². The van der Waals surface area contributed by atoms with E-state index in [2.05, 4.69) is 17.3 Å². The lowest BCUT2D eigenvalue weighted by Crippen LogP contribution is -2.78. The van der Waals surface area contributed by atoms with E-state index in [0.717, 1.165) is 43.5 Å². The highest BCUT2D eigenvalue weighted by molar-refractivity contribution is 7.98. The molecule has 1 aromatic rings. The number of carbonyl (C=O) groups is 1. The Morgan fingerprint density at radius 2 is 2.26 bits per heavy atom. The molecule has 8 heteroatoms. The lowest BCUT2D eigenvalue weighted by Gasteiger charge is -2.65. The second-order valence-electron chi connectivity index (χ2n) is 9.49. The number of methoxy groups -OCH3 is 1. The van der Waals surface area contributed by atoms with Gasteiger partial charge in [0.1, 0.15) is 12.1 Å². The molecule has 0 aromatic heterocycles. The molecule has 2 aliphatic heterocycles. The van der Waals surface area contributed by atoms with E-state index in [1.54, 1.807) is 17.8 Å². The number of hydrogen-bond donors (Lipinski definition) is 3. The largest absolute Gasteiger partial charge is 0.504 e. The maximum atomic E-state index is 12.0. The molecule has 3 N–H and O–H groups in total. The van der Waals surface area contributed by atoms with E-state index < -0.39 is 17.6 Å². The number of rotatable bonds is 7. The van der Waals surface area contributed by atoms with E-state index in [4.69, 9.17) is 9.47 Å². The third kappa shape index (κ3) is 2.74. The van der Waals surface area contributed by atoms with Crippen molar-refractivity contribution in [2.75, 3.05) is 32.7 Å². The van der Waals surface area contributed by atoms with E-state index in [0.29, 0.717) is 12.2 Å². The van der Waals surface area contributed by atoms with Crippen LogP contribution in [0.1, 0.15) is 36.8 Å². The molecule has 1 spiro atoms. The quantitative estimate of drug-likeness (QED) is 0.584. The third-order valence-electron chi connectivity index (χ3n) is 8.38. The fourth-order valence-electron chi connectivity index (χ4n) is 7.08. The average Bonchev–Trinajstić information content (AvgIpc) is 3.11. The first-order valence-corrected chi connectivity index (χ1v) is 12.5. The Morgan fingerprint density at radius 3 is 2.97 bits per heavy atom. The van der Waals surface area contributed by atoms with Crippen LogP contribution in [-0.4, -0.2) is 83.6 Å².